The fourth-order valence-corrected chi connectivity index (χ4v) is 1.90. The molecule has 7 heteroatoms. The molecule has 0 aliphatic carbocycles. The van der Waals surface area contributed by atoms with Crippen LogP contribution in [-0.2, 0) is 9.53 Å². The highest BCUT2D eigenvalue weighted by atomic mass is 16.6. The van der Waals surface area contributed by atoms with Gasteiger partial charge in [-0.1, -0.05) is 0 Å². The number of rotatable bonds is 5. The predicted octanol–water partition coefficient (Wildman–Crippen LogP) is 1.06. The van der Waals surface area contributed by atoms with Gasteiger partial charge in [0, 0.05) is 18.7 Å². The van der Waals surface area contributed by atoms with Gasteiger partial charge in [0.15, 0.2) is 0 Å². The normalized spacial score (nSPS) is 14.1. The molecule has 0 spiro atoms. The van der Waals surface area contributed by atoms with Gasteiger partial charge in [0.25, 0.3) is 0 Å². The number of hydrogen-bond acceptors (Lipinski definition) is 5. The maximum atomic E-state index is 11.9. The van der Waals surface area contributed by atoms with Crippen molar-refractivity contribution in [1.29, 1.82) is 0 Å². The van der Waals surface area contributed by atoms with Gasteiger partial charge >= 0.3 is 6.09 Å². The van der Waals surface area contributed by atoms with Crippen LogP contribution in [0.4, 0.5) is 16.2 Å². The first kappa shape index (κ1) is 14.0. The predicted molar refractivity (Wildman–Crippen MR) is 73.6 cm³/mol. The molecular weight excluding hydrogens is 262 g/mol. The van der Waals surface area contributed by atoms with Crippen LogP contribution in [0.3, 0.4) is 0 Å². The molecule has 1 aliphatic rings. The second kappa shape index (κ2) is 6.14. The van der Waals surface area contributed by atoms with Crippen LogP contribution in [0.15, 0.2) is 18.2 Å². The number of carbonyl (C=O) groups excluding carboxylic acids is 2. The third-order valence-corrected chi connectivity index (χ3v) is 2.95. The van der Waals surface area contributed by atoms with Crippen LogP contribution in [0.25, 0.3) is 0 Å². The summed E-state index contributed by atoms with van der Waals surface area (Å²) in [5.41, 5.74) is 6.72. The van der Waals surface area contributed by atoms with Gasteiger partial charge in [-0.25, -0.2) is 4.79 Å². The van der Waals surface area contributed by atoms with Crippen LogP contribution in [-0.4, -0.2) is 43.7 Å². The zero-order valence-electron chi connectivity index (χ0n) is 11.2. The molecule has 0 aromatic heterocycles. The number of carbonyl (C=O) groups is 2. The van der Waals surface area contributed by atoms with Gasteiger partial charge in [-0.2, -0.15) is 0 Å². The van der Waals surface area contributed by atoms with E-state index < -0.39 is 0 Å². The number of cyclic esters (lactones) is 1. The molecule has 0 saturated carbocycles. The lowest BCUT2D eigenvalue weighted by molar-refractivity contribution is -0.116. The average molecular weight is 279 g/mol. The first-order valence-electron chi connectivity index (χ1n) is 6.25. The molecule has 1 aliphatic heterocycles. The quantitative estimate of drug-likeness (QED) is 0.786. The van der Waals surface area contributed by atoms with Gasteiger partial charge in [0.2, 0.25) is 5.91 Å². The molecule has 1 aromatic carbocycles. The van der Waals surface area contributed by atoms with Crippen molar-refractivity contribution in [2.75, 3.05) is 37.9 Å². The van der Waals surface area contributed by atoms with Crippen molar-refractivity contribution in [3.8, 4) is 5.75 Å². The Bertz CT molecular complexity index is 518. The minimum atomic E-state index is -0.376. The molecule has 0 atom stereocenters. The number of anilines is 2. The van der Waals surface area contributed by atoms with Gasteiger partial charge in [0.05, 0.1) is 19.3 Å². The van der Waals surface area contributed by atoms with Crippen LogP contribution in [0.2, 0.25) is 0 Å². The maximum Gasteiger partial charge on any atom is 0.409 e. The molecule has 108 valence electrons. The molecule has 1 saturated heterocycles. The first-order valence-corrected chi connectivity index (χ1v) is 6.25. The summed E-state index contributed by atoms with van der Waals surface area (Å²) in [6.45, 7) is 1.23. The smallest absolute Gasteiger partial charge is 0.409 e. The minimum absolute atomic E-state index is 0.188. The summed E-state index contributed by atoms with van der Waals surface area (Å²) in [6.07, 6.45) is -0.188. The van der Waals surface area contributed by atoms with Gasteiger partial charge in [-0.3, -0.25) is 4.79 Å². The number of ether oxygens (including phenoxy) is 2. The molecule has 1 aromatic rings. The summed E-state index contributed by atoms with van der Waals surface area (Å²) < 4.78 is 9.93. The van der Waals surface area contributed by atoms with Crippen LogP contribution >= 0.6 is 0 Å². The first-order chi connectivity index (χ1) is 9.60. The molecule has 7 nitrogen and oxygen atoms in total. The molecule has 3 N–H and O–H groups in total. The minimum Gasteiger partial charge on any atom is -0.495 e. The Hall–Kier alpha value is -2.44. The van der Waals surface area contributed by atoms with Gasteiger partial charge < -0.3 is 25.4 Å². The number of nitrogens with two attached hydrogens (primary N) is 1. The topological polar surface area (TPSA) is 93.9 Å². The Kier molecular flexibility index (Phi) is 4.29. The third-order valence-electron chi connectivity index (χ3n) is 2.95. The molecule has 1 fully saturated rings. The maximum absolute atomic E-state index is 11.9. The molecule has 20 heavy (non-hydrogen) atoms. The van der Waals surface area contributed by atoms with Gasteiger partial charge in [-0.15, -0.1) is 0 Å². The average Bonchev–Trinajstić information content (AvgIpc) is 2.82. The van der Waals surface area contributed by atoms with Crippen molar-refractivity contribution in [3.63, 3.8) is 0 Å². The molecule has 0 radical (unpaired) electrons. The van der Waals surface area contributed by atoms with E-state index in [0.717, 1.165) is 0 Å². The van der Waals surface area contributed by atoms with Crippen molar-refractivity contribution < 1.29 is 19.1 Å². The van der Waals surface area contributed by atoms with E-state index in [1.807, 2.05) is 0 Å². The molecule has 2 rings (SSSR count). The van der Waals surface area contributed by atoms with E-state index in [4.69, 9.17) is 15.2 Å². The highest BCUT2D eigenvalue weighted by Gasteiger charge is 2.22. The highest BCUT2D eigenvalue weighted by molar-refractivity contribution is 5.93. The molecule has 0 unspecified atom stereocenters. The third kappa shape index (κ3) is 3.31. The van der Waals surface area contributed by atoms with E-state index in [9.17, 15) is 9.59 Å². The van der Waals surface area contributed by atoms with Gasteiger partial charge in [0.1, 0.15) is 12.4 Å². The van der Waals surface area contributed by atoms with E-state index >= 15 is 0 Å². The summed E-state index contributed by atoms with van der Waals surface area (Å²) in [6, 6.07) is 5.00. The summed E-state index contributed by atoms with van der Waals surface area (Å²) in [4.78, 5) is 24.6. The van der Waals surface area contributed by atoms with E-state index in [2.05, 4.69) is 5.32 Å². The van der Waals surface area contributed by atoms with Crippen molar-refractivity contribution in [2.24, 2.45) is 0 Å². The van der Waals surface area contributed by atoms with Crippen molar-refractivity contribution in [1.82, 2.24) is 4.90 Å². The molecular formula is C13H17N3O4. The standard InChI is InChI=1S/C13H17N3O4/c1-19-11-3-2-9(14)8-10(11)15-12(17)4-5-16-6-7-20-13(16)18/h2-3,8H,4-7,14H2,1H3,(H,15,17). The summed E-state index contributed by atoms with van der Waals surface area (Å²) in [7, 11) is 1.52. The zero-order valence-corrected chi connectivity index (χ0v) is 11.2. The lowest BCUT2D eigenvalue weighted by Crippen LogP contribution is -2.28. The summed E-state index contributed by atoms with van der Waals surface area (Å²) in [5, 5.41) is 2.72. The Morgan fingerprint density at radius 2 is 2.35 bits per heavy atom. The van der Waals surface area contributed by atoms with Crippen LogP contribution < -0.4 is 15.8 Å². The van der Waals surface area contributed by atoms with Crippen molar-refractivity contribution >= 4 is 23.4 Å². The number of hydrogen-bond donors (Lipinski definition) is 2. The lowest BCUT2D eigenvalue weighted by Gasteiger charge is -2.13. The van der Waals surface area contributed by atoms with E-state index in [-0.39, 0.29) is 18.4 Å². The fourth-order valence-electron chi connectivity index (χ4n) is 1.90. The fraction of sp³-hybridized carbons (Fsp3) is 0.385. The van der Waals surface area contributed by atoms with Crippen LogP contribution in [0.1, 0.15) is 6.42 Å². The Morgan fingerprint density at radius 3 is 3.00 bits per heavy atom. The summed E-state index contributed by atoms with van der Waals surface area (Å²) >= 11 is 0. The number of nitrogen functional groups attached to an aromatic ring is 1. The highest BCUT2D eigenvalue weighted by Crippen LogP contribution is 2.26. The SMILES string of the molecule is COc1ccc(N)cc1NC(=O)CCN1CCOC1=O. The second-order valence-electron chi connectivity index (χ2n) is 4.36. The van der Waals surface area contributed by atoms with E-state index in [1.54, 1.807) is 18.2 Å². The van der Waals surface area contributed by atoms with Gasteiger partial charge in [-0.05, 0) is 18.2 Å². The number of benzene rings is 1. The monoisotopic (exact) mass is 279 g/mol. The lowest BCUT2D eigenvalue weighted by atomic mass is 10.2. The van der Waals surface area contributed by atoms with Crippen molar-refractivity contribution in [3.05, 3.63) is 18.2 Å². The van der Waals surface area contributed by atoms with Crippen LogP contribution in [0.5, 0.6) is 5.75 Å². The number of methoxy groups -OCH3 is 1. The summed E-state index contributed by atoms with van der Waals surface area (Å²) in [5.74, 6) is 0.321. The van der Waals surface area contributed by atoms with Crippen LogP contribution in [0, 0.1) is 0 Å². The Morgan fingerprint density at radius 1 is 1.55 bits per heavy atom. The van der Waals surface area contributed by atoms with E-state index in [0.29, 0.717) is 36.8 Å². The Balaban J connectivity index is 1.91. The zero-order chi connectivity index (χ0) is 14.5. The second-order valence-corrected chi connectivity index (χ2v) is 4.36. The van der Waals surface area contributed by atoms with Crippen molar-refractivity contribution in [2.45, 2.75) is 6.42 Å². The number of nitrogens with zero attached hydrogens (tertiary/aromatic N) is 1. The molecule has 1 heterocycles. The number of nitrogens with one attached hydrogen (secondary N) is 1. The largest absolute Gasteiger partial charge is 0.495 e. The molecule has 0 bridgehead atoms. The Labute approximate surface area is 116 Å². The number of amides is 2. The molecule has 2 amide bonds. The van der Waals surface area contributed by atoms with E-state index in [1.165, 1.54) is 12.0 Å².